The van der Waals surface area contributed by atoms with Crippen LogP contribution < -0.4 is 5.32 Å². The Balaban J connectivity index is 1.53. The number of nitrogens with one attached hydrogen (secondary N) is 1. The van der Waals surface area contributed by atoms with Crippen molar-refractivity contribution in [3.05, 3.63) is 18.0 Å². The lowest BCUT2D eigenvalue weighted by molar-refractivity contribution is -0.0755. The fourth-order valence-electron chi connectivity index (χ4n) is 4.33. The zero-order valence-corrected chi connectivity index (χ0v) is 15.9. The van der Waals surface area contributed by atoms with Crippen LogP contribution in [0.5, 0.6) is 0 Å². The molecular weight excluding hydrogens is 342 g/mol. The summed E-state index contributed by atoms with van der Waals surface area (Å²) in [6.45, 7) is 4.65. The number of oxime groups is 1. The summed E-state index contributed by atoms with van der Waals surface area (Å²) in [5.74, 6) is 0. The molecule has 2 aliphatic heterocycles. The summed E-state index contributed by atoms with van der Waals surface area (Å²) in [6, 6.07) is 0.401. The molecule has 1 spiro atoms. The summed E-state index contributed by atoms with van der Waals surface area (Å²) in [6.07, 6.45) is 11.3. The second-order valence-corrected chi connectivity index (χ2v) is 8.03. The first-order chi connectivity index (χ1) is 13.3. The minimum Gasteiger partial charge on any atom is -0.389 e. The number of aromatic nitrogens is 3. The third-order valence-corrected chi connectivity index (χ3v) is 6.09. The molecule has 27 heavy (non-hydrogen) atoms. The second-order valence-electron chi connectivity index (χ2n) is 8.03. The molecule has 0 atom stereocenters. The van der Waals surface area contributed by atoms with Crippen molar-refractivity contribution >= 4 is 22.4 Å². The van der Waals surface area contributed by atoms with Crippen molar-refractivity contribution < 1.29 is 9.57 Å². The minimum atomic E-state index is -0.0490. The highest BCUT2D eigenvalue weighted by molar-refractivity contribution is 6.10. The van der Waals surface area contributed by atoms with Crippen LogP contribution in [0.4, 0.5) is 5.69 Å². The van der Waals surface area contributed by atoms with Gasteiger partial charge in [-0.15, -0.1) is 0 Å². The largest absolute Gasteiger partial charge is 0.389 e. The Morgan fingerprint density at radius 2 is 2.11 bits per heavy atom. The van der Waals surface area contributed by atoms with Crippen molar-refractivity contribution in [3.8, 4) is 0 Å². The highest BCUT2D eigenvalue weighted by atomic mass is 16.7. The molecular formula is C20H27N5O2. The molecule has 5 rings (SSSR count). The van der Waals surface area contributed by atoms with Crippen molar-refractivity contribution in [1.29, 1.82) is 0 Å². The molecule has 0 bridgehead atoms. The molecule has 2 fully saturated rings. The zero-order chi connectivity index (χ0) is 18.3. The fourth-order valence-corrected chi connectivity index (χ4v) is 4.33. The van der Waals surface area contributed by atoms with Gasteiger partial charge in [0.1, 0.15) is 5.60 Å². The maximum Gasteiger partial charge on any atom is 0.159 e. The van der Waals surface area contributed by atoms with Gasteiger partial charge in [0.15, 0.2) is 5.65 Å². The molecule has 7 nitrogen and oxygen atoms in total. The van der Waals surface area contributed by atoms with Gasteiger partial charge in [-0.3, -0.25) is 0 Å². The SMILES string of the molecule is CCCn1ncc2c(NC3CCOCC3)c(C3=NOC4(CCC4)C3)cnc21. The van der Waals surface area contributed by atoms with Crippen LogP contribution in [0.3, 0.4) is 0 Å². The van der Waals surface area contributed by atoms with Gasteiger partial charge in [-0.05, 0) is 38.5 Å². The maximum absolute atomic E-state index is 5.84. The Hall–Kier alpha value is -2.15. The van der Waals surface area contributed by atoms with Gasteiger partial charge in [0.2, 0.25) is 0 Å². The first kappa shape index (κ1) is 17.0. The smallest absolute Gasteiger partial charge is 0.159 e. The zero-order valence-electron chi connectivity index (χ0n) is 15.9. The Bertz CT molecular complexity index is 865. The summed E-state index contributed by atoms with van der Waals surface area (Å²) < 4.78 is 7.52. The molecule has 0 unspecified atom stereocenters. The molecule has 1 saturated carbocycles. The van der Waals surface area contributed by atoms with Gasteiger partial charge >= 0.3 is 0 Å². The van der Waals surface area contributed by atoms with E-state index in [4.69, 9.17) is 14.6 Å². The molecule has 1 saturated heterocycles. The molecule has 2 aromatic rings. The highest BCUT2D eigenvalue weighted by Gasteiger charge is 2.45. The third kappa shape index (κ3) is 2.98. The van der Waals surface area contributed by atoms with Crippen LogP contribution in [-0.2, 0) is 16.1 Å². The highest BCUT2D eigenvalue weighted by Crippen LogP contribution is 2.44. The molecule has 0 amide bonds. The average Bonchev–Trinajstić information content (AvgIpc) is 3.28. The number of anilines is 1. The first-order valence-corrected chi connectivity index (χ1v) is 10.2. The molecule has 4 heterocycles. The topological polar surface area (TPSA) is 73.6 Å². The van der Waals surface area contributed by atoms with E-state index in [-0.39, 0.29) is 5.60 Å². The quantitative estimate of drug-likeness (QED) is 0.873. The normalized spacial score (nSPS) is 21.9. The molecule has 7 heteroatoms. The van der Waals surface area contributed by atoms with E-state index in [1.165, 1.54) is 6.42 Å². The van der Waals surface area contributed by atoms with E-state index in [0.717, 1.165) is 86.3 Å². The van der Waals surface area contributed by atoms with Gasteiger partial charge in [-0.25, -0.2) is 9.67 Å². The number of ether oxygens (including phenoxy) is 1. The molecule has 1 aliphatic carbocycles. The van der Waals surface area contributed by atoms with Crippen LogP contribution in [0.15, 0.2) is 17.5 Å². The molecule has 144 valence electrons. The van der Waals surface area contributed by atoms with Crippen LogP contribution in [0.1, 0.15) is 57.4 Å². The van der Waals surface area contributed by atoms with Gasteiger partial charge in [0.05, 0.1) is 23.0 Å². The average molecular weight is 369 g/mol. The van der Waals surface area contributed by atoms with E-state index >= 15 is 0 Å². The summed E-state index contributed by atoms with van der Waals surface area (Å²) >= 11 is 0. The number of aryl methyl sites for hydroxylation is 1. The predicted octanol–water partition coefficient (Wildman–Crippen LogP) is 3.48. The molecule has 0 aromatic carbocycles. The van der Waals surface area contributed by atoms with Gasteiger partial charge < -0.3 is 14.9 Å². The third-order valence-electron chi connectivity index (χ3n) is 6.09. The Morgan fingerprint density at radius 3 is 2.81 bits per heavy atom. The molecule has 0 radical (unpaired) electrons. The van der Waals surface area contributed by atoms with E-state index in [1.54, 1.807) is 0 Å². The van der Waals surface area contributed by atoms with Gasteiger partial charge in [0, 0.05) is 44.0 Å². The monoisotopic (exact) mass is 369 g/mol. The summed E-state index contributed by atoms with van der Waals surface area (Å²) in [5, 5.41) is 13.9. The fraction of sp³-hybridized carbons (Fsp3) is 0.650. The minimum absolute atomic E-state index is 0.0490. The Labute approximate surface area is 159 Å². The van der Waals surface area contributed by atoms with Gasteiger partial charge in [-0.1, -0.05) is 12.1 Å². The summed E-state index contributed by atoms with van der Waals surface area (Å²) in [5.41, 5.74) is 4.07. The second kappa shape index (κ2) is 6.78. The van der Waals surface area contributed by atoms with Crippen LogP contribution >= 0.6 is 0 Å². The summed E-state index contributed by atoms with van der Waals surface area (Å²) in [7, 11) is 0. The van der Waals surface area contributed by atoms with Gasteiger partial charge in [-0.2, -0.15) is 5.10 Å². The number of hydrogen-bond acceptors (Lipinski definition) is 6. The van der Waals surface area contributed by atoms with Crippen molar-refractivity contribution in [1.82, 2.24) is 14.8 Å². The van der Waals surface area contributed by atoms with Crippen molar-refractivity contribution in [3.63, 3.8) is 0 Å². The number of rotatable bonds is 5. The number of fused-ring (bicyclic) bond motifs is 1. The Morgan fingerprint density at radius 1 is 1.26 bits per heavy atom. The van der Waals surface area contributed by atoms with Crippen LogP contribution in [0.2, 0.25) is 0 Å². The van der Waals surface area contributed by atoms with E-state index in [0.29, 0.717) is 6.04 Å². The van der Waals surface area contributed by atoms with Crippen molar-refractivity contribution in [2.45, 2.75) is 70.1 Å². The Kier molecular flexibility index (Phi) is 4.27. The lowest BCUT2D eigenvalue weighted by Gasteiger charge is -2.34. The molecule has 3 aliphatic rings. The van der Waals surface area contributed by atoms with Crippen LogP contribution in [0, 0.1) is 0 Å². The van der Waals surface area contributed by atoms with E-state index < -0.39 is 0 Å². The number of pyridine rings is 1. The first-order valence-electron chi connectivity index (χ1n) is 10.2. The van der Waals surface area contributed by atoms with Crippen molar-refractivity contribution in [2.24, 2.45) is 5.16 Å². The number of nitrogens with zero attached hydrogens (tertiary/aromatic N) is 4. The van der Waals surface area contributed by atoms with Gasteiger partial charge in [0.25, 0.3) is 0 Å². The van der Waals surface area contributed by atoms with E-state index in [2.05, 4.69) is 22.5 Å². The standard InChI is InChI=1S/C20H27N5O2/c1-2-8-25-19-16(13-22-25)18(23-14-4-9-26-10-5-14)15(12-21-19)17-11-20(27-24-17)6-3-7-20/h12-14H,2-11H2,1H3,(H,21,23). The number of hydrogen-bond donors (Lipinski definition) is 1. The maximum atomic E-state index is 5.84. The van der Waals surface area contributed by atoms with Crippen molar-refractivity contribution in [2.75, 3.05) is 18.5 Å². The lowest BCUT2D eigenvalue weighted by atomic mass is 9.76. The lowest BCUT2D eigenvalue weighted by Crippen LogP contribution is -2.37. The summed E-state index contributed by atoms with van der Waals surface area (Å²) in [4.78, 5) is 10.6. The van der Waals surface area contributed by atoms with Crippen LogP contribution in [0.25, 0.3) is 11.0 Å². The van der Waals surface area contributed by atoms with E-state index in [9.17, 15) is 0 Å². The van der Waals surface area contributed by atoms with Crippen LogP contribution in [-0.4, -0.2) is 45.3 Å². The van der Waals surface area contributed by atoms with E-state index in [1.807, 2.05) is 17.1 Å². The molecule has 1 N–H and O–H groups in total. The molecule has 2 aromatic heterocycles. The predicted molar refractivity (Wildman–Crippen MR) is 104 cm³/mol.